The third-order valence-corrected chi connectivity index (χ3v) is 4.47. The molecule has 0 bridgehead atoms. The number of carbonyl (C=O) groups excluding carboxylic acids is 1. The van der Waals surface area contributed by atoms with Gasteiger partial charge in [-0.15, -0.1) is 0 Å². The standard InChI is InChI=1S/C20H23ClFNO3/c1-19(2,26-15-11-9-14(21)10-12-15)18(24)23-13-20(3,25-4)16-7-5-6-8-17(16)22/h5-12H,13H2,1-4H3,(H,23,24)/t20-/m1/s1. The fourth-order valence-electron chi connectivity index (χ4n) is 2.47. The summed E-state index contributed by atoms with van der Waals surface area (Å²) < 4.78 is 25.4. The van der Waals surface area contributed by atoms with E-state index in [1.807, 2.05) is 0 Å². The highest BCUT2D eigenvalue weighted by molar-refractivity contribution is 6.30. The zero-order chi connectivity index (χ0) is 19.4. The number of rotatable bonds is 7. The van der Waals surface area contributed by atoms with Crippen LogP contribution >= 0.6 is 11.6 Å². The second-order valence-electron chi connectivity index (χ2n) is 6.66. The molecule has 0 fully saturated rings. The first-order valence-electron chi connectivity index (χ1n) is 8.21. The third-order valence-electron chi connectivity index (χ3n) is 4.21. The lowest BCUT2D eigenvalue weighted by atomic mass is 9.94. The van der Waals surface area contributed by atoms with Crippen LogP contribution in [0.4, 0.5) is 4.39 Å². The van der Waals surface area contributed by atoms with Crippen LogP contribution in [0.1, 0.15) is 26.3 Å². The van der Waals surface area contributed by atoms with E-state index in [-0.39, 0.29) is 18.3 Å². The van der Waals surface area contributed by atoms with E-state index in [9.17, 15) is 9.18 Å². The average Bonchev–Trinajstić information content (AvgIpc) is 2.61. The highest BCUT2D eigenvalue weighted by atomic mass is 35.5. The molecule has 0 aliphatic carbocycles. The Labute approximate surface area is 158 Å². The van der Waals surface area contributed by atoms with Gasteiger partial charge in [0, 0.05) is 17.7 Å². The molecule has 0 aliphatic rings. The summed E-state index contributed by atoms with van der Waals surface area (Å²) in [6.07, 6.45) is 0. The Balaban J connectivity index is 2.07. The summed E-state index contributed by atoms with van der Waals surface area (Å²) >= 11 is 5.85. The molecule has 4 nitrogen and oxygen atoms in total. The number of methoxy groups -OCH3 is 1. The first-order chi connectivity index (χ1) is 12.2. The molecule has 0 heterocycles. The quantitative estimate of drug-likeness (QED) is 0.779. The van der Waals surface area contributed by atoms with Crippen molar-refractivity contribution in [1.82, 2.24) is 5.32 Å². The van der Waals surface area contributed by atoms with Crippen LogP contribution in [-0.2, 0) is 15.1 Å². The number of benzene rings is 2. The fourth-order valence-corrected chi connectivity index (χ4v) is 2.60. The van der Waals surface area contributed by atoms with Crippen LogP contribution in [-0.4, -0.2) is 25.2 Å². The summed E-state index contributed by atoms with van der Waals surface area (Å²) in [5, 5.41) is 3.37. The van der Waals surface area contributed by atoms with Crippen LogP contribution in [0.3, 0.4) is 0 Å². The Kier molecular flexibility index (Phi) is 6.26. The van der Waals surface area contributed by atoms with E-state index in [0.29, 0.717) is 16.3 Å². The number of carbonyl (C=O) groups is 1. The lowest BCUT2D eigenvalue weighted by molar-refractivity contribution is -0.135. The first-order valence-corrected chi connectivity index (χ1v) is 8.59. The molecule has 2 rings (SSSR count). The van der Waals surface area contributed by atoms with Gasteiger partial charge in [0.25, 0.3) is 5.91 Å². The molecule has 0 saturated heterocycles. The summed E-state index contributed by atoms with van der Waals surface area (Å²) in [7, 11) is 1.48. The highest BCUT2D eigenvalue weighted by Gasteiger charge is 2.34. The molecule has 0 aliphatic heterocycles. The van der Waals surface area contributed by atoms with Gasteiger partial charge in [-0.2, -0.15) is 0 Å². The maximum atomic E-state index is 14.1. The van der Waals surface area contributed by atoms with Crippen LogP contribution < -0.4 is 10.1 Å². The Morgan fingerprint density at radius 3 is 2.31 bits per heavy atom. The summed E-state index contributed by atoms with van der Waals surface area (Å²) in [6, 6.07) is 13.1. The minimum absolute atomic E-state index is 0.0939. The minimum Gasteiger partial charge on any atom is -0.478 e. The molecule has 2 aromatic carbocycles. The summed E-state index contributed by atoms with van der Waals surface area (Å²) in [5.41, 5.74) is -1.76. The maximum absolute atomic E-state index is 14.1. The Bertz CT molecular complexity index is 764. The van der Waals surface area contributed by atoms with Gasteiger partial charge < -0.3 is 14.8 Å². The van der Waals surface area contributed by atoms with Crippen LogP contribution in [0.5, 0.6) is 5.75 Å². The van der Waals surface area contributed by atoms with Gasteiger partial charge in [0.05, 0.1) is 6.54 Å². The number of hydrogen-bond donors (Lipinski definition) is 1. The topological polar surface area (TPSA) is 47.6 Å². The van der Waals surface area contributed by atoms with E-state index in [1.165, 1.54) is 13.2 Å². The Hall–Kier alpha value is -2.11. The van der Waals surface area contributed by atoms with E-state index >= 15 is 0 Å². The monoisotopic (exact) mass is 379 g/mol. The van der Waals surface area contributed by atoms with Crippen molar-refractivity contribution in [3.8, 4) is 5.75 Å². The summed E-state index contributed by atoms with van der Waals surface area (Å²) in [5.74, 6) is -0.201. The number of amides is 1. The van der Waals surface area contributed by atoms with Gasteiger partial charge >= 0.3 is 0 Å². The predicted octanol–water partition coefficient (Wildman–Crippen LogP) is 4.31. The lowest BCUT2D eigenvalue weighted by Crippen LogP contribution is -2.50. The van der Waals surface area contributed by atoms with Crippen molar-refractivity contribution in [3.05, 3.63) is 64.9 Å². The zero-order valence-corrected chi connectivity index (χ0v) is 16.1. The van der Waals surface area contributed by atoms with Gasteiger partial charge in [-0.3, -0.25) is 4.79 Å². The van der Waals surface area contributed by atoms with Crippen molar-refractivity contribution in [3.63, 3.8) is 0 Å². The molecule has 0 unspecified atom stereocenters. The van der Waals surface area contributed by atoms with Crippen molar-refractivity contribution in [2.24, 2.45) is 0 Å². The Morgan fingerprint density at radius 2 is 1.73 bits per heavy atom. The van der Waals surface area contributed by atoms with Gasteiger partial charge in [-0.05, 0) is 51.1 Å². The van der Waals surface area contributed by atoms with Crippen LogP contribution in [0.25, 0.3) is 0 Å². The van der Waals surface area contributed by atoms with Crippen molar-refractivity contribution >= 4 is 17.5 Å². The molecule has 0 radical (unpaired) electrons. The molecule has 2 aromatic rings. The molecular formula is C20H23ClFNO3. The number of nitrogens with one attached hydrogen (secondary N) is 1. The second-order valence-corrected chi connectivity index (χ2v) is 7.10. The molecule has 1 amide bonds. The molecule has 1 atom stereocenters. The molecular weight excluding hydrogens is 357 g/mol. The highest BCUT2D eigenvalue weighted by Crippen LogP contribution is 2.27. The lowest BCUT2D eigenvalue weighted by Gasteiger charge is -2.32. The largest absolute Gasteiger partial charge is 0.478 e. The van der Waals surface area contributed by atoms with Gasteiger partial charge in [-0.1, -0.05) is 29.8 Å². The summed E-state index contributed by atoms with van der Waals surface area (Å²) in [6.45, 7) is 5.13. The first kappa shape index (κ1) is 20.2. The number of hydrogen-bond acceptors (Lipinski definition) is 3. The van der Waals surface area contributed by atoms with Crippen LogP contribution in [0, 0.1) is 5.82 Å². The van der Waals surface area contributed by atoms with Gasteiger partial charge in [0.15, 0.2) is 5.60 Å². The molecule has 1 N–H and O–H groups in total. The normalized spacial score (nSPS) is 13.8. The van der Waals surface area contributed by atoms with Crippen LogP contribution in [0.2, 0.25) is 5.02 Å². The van der Waals surface area contributed by atoms with Crippen molar-refractivity contribution in [1.29, 1.82) is 0 Å². The third kappa shape index (κ3) is 4.74. The summed E-state index contributed by atoms with van der Waals surface area (Å²) in [4.78, 5) is 12.6. The number of halogens is 2. The second kappa shape index (κ2) is 8.06. The van der Waals surface area contributed by atoms with E-state index < -0.39 is 11.2 Å². The maximum Gasteiger partial charge on any atom is 0.263 e. The van der Waals surface area contributed by atoms with Gasteiger partial charge in [0.1, 0.15) is 17.2 Å². The van der Waals surface area contributed by atoms with Crippen molar-refractivity contribution in [2.75, 3.05) is 13.7 Å². The predicted molar refractivity (Wildman–Crippen MR) is 99.9 cm³/mol. The van der Waals surface area contributed by atoms with Crippen LogP contribution in [0.15, 0.2) is 48.5 Å². The molecule has 0 spiro atoms. The Morgan fingerprint density at radius 1 is 1.12 bits per heavy atom. The molecule has 0 saturated carbocycles. The van der Waals surface area contributed by atoms with Crippen molar-refractivity contribution in [2.45, 2.75) is 32.0 Å². The molecule has 140 valence electrons. The van der Waals surface area contributed by atoms with E-state index in [1.54, 1.807) is 63.2 Å². The van der Waals surface area contributed by atoms with E-state index in [4.69, 9.17) is 21.1 Å². The smallest absolute Gasteiger partial charge is 0.263 e. The van der Waals surface area contributed by atoms with Gasteiger partial charge in [-0.25, -0.2) is 4.39 Å². The molecule has 6 heteroatoms. The fraction of sp³-hybridized carbons (Fsp3) is 0.350. The SMILES string of the molecule is CO[C@](C)(CNC(=O)C(C)(C)Oc1ccc(Cl)cc1)c1ccccc1F. The van der Waals surface area contributed by atoms with E-state index in [0.717, 1.165) is 0 Å². The van der Waals surface area contributed by atoms with E-state index in [2.05, 4.69) is 5.32 Å². The average molecular weight is 380 g/mol. The minimum atomic E-state index is -1.13. The zero-order valence-electron chi connectivity index (χ0n) is 15.3. The molecule has 0 aromatic heterocycles. The molecule has 26 heavy (non-hydrogen) atoms. The van der Waals surface area contributed by atoms with Crippen molar-refractivity contribution < 1.29 is 18.7 Å². The number of ether oxygens (including phenoxy) is 2. The van der Waals surface area contributed by atoms with Gasteiger partial charge in [0.2, 0.25) is 0 Å².